The molecule has 2 N–H and O–H groups in total. The van der Waals surface area contributed by atoms with Crippen LogP contribution in [-0.2, 0) is 9.59 Å². The summed E-state index contributed by atoms with van der Waals surface area (Å²) in [6.07, 6.45) is 2.58. The number of hydrogen-bond acceptors (Lipinski definition) is 7. The highest BCUT2D eigenvalue weighted by atomic mass is 32.2. The maximum absolute atomic E-state index is 12.3. The number of thioether (sulfide) groups is 1. The van der Waals surface area contributed by atoms with E-state index in [0.717, 1.165) is 10.2 Å². The number of amides is 1. The van der Waals surface area contributed by atoms with Crippen LogP contribution >= 0.6 is 23.1 Å². The molecule has 25 heavy (non-hydrogen) atoms. The van der Waals surface area contributed by atoms with Gasteiger partial charge < -0.3 is 15.1 Å². The standard InChI is InChI=1S/C16H15N3O4S2/c1-6-11-10(7(2)20)14(21)19(11)12(15(22)23)13(6)25-16-18-8-3-4-17-5-9(8)24-16/h3-7,10-11,20H,1-2H3,(H,22,23). The lowest BCUT2D eigenvalue weighted by molar-refractivity contribution is -0.163. The van der Waals surface area contributed by atoms with Gasteiger partial charge in [0, 0.05) is 23.2 Å². The maximum Gasteiger partial charge on any atom is 0.353 e. The Morgan fingerprint density at radius 3 is 2.88 bits per heavy atom. The summed E-state index contributed by atoms with van der Waals surface area (Å²) in [6.45, 7) is 3.46. The summed E-state index contributed by atoms with van der Waals surface area (Å²) in [5.74, 6) is -2.18. The molecule has 7 nitrogen and oxygen atoms in total. The SMILES string of the molecule is CC(O)C1C(=O)N2C(C(=O)O)=C(Sc3nc4ccncc4s3)C(C)C12. The van der Waals surface area contributed by atoms with Crippen LogP contribution < -0.4 is 0 Å². The van der Waals surface area contributed by atoms with Crippen molar-refractivity contribution in [3.05, 3.63) is 29.1 Å². The number of pyridine rings is 1. The summed E-state index contributed by atoms with van der Waals surface area (Å²) >= 11 is 2.73. The molecule has 1 fully saturated rings. The van der Waals surface area contributed by atoms with Gasteiger partial charge in [0.25, 0.3) is 0 Å². The van der Waals surface area contributed by atoms with Gasteiger partial charge in [-0.3, -0.25) is 9.78 Å². The number of aromatic nitrogens is 2. The van der Waals surface area contributed by atoms with Crippen LogP contribution in [0.2, 0.25) is 0 Å². The number of β-lactam (4-membered cyclic amide) rings is 1. The van der Waals surface area contributed by atoms with Crippen molar-refractivity contribution < 1.29 is 19.8 Å². The fourth-order valence-corrected chi connectivity index (χ4v) is 5.86. The number of carbonyl (C=O) groups excluding carboxylic acids is 1. The minimum atomic E-state index is -1.13. The number of carboxylic acid groups (broad SMARTS) is 1. The number of aliphatic carboxylic acids is 1. The van der Waals surface area contributed by atoms with Gasteiger partial charge in [-0.15, -0.1) is 11.3 Å². The van der Waals surface area contributed by atoms with E-state index in [1.165, 1.54) is 28.0 Å². The van der Waals surface area contributed by atoms with E-state index in [2.05, 4.69) is 9.97 Å². The van der Waals surface area contributed by atoms with Gasteiger partial charge in [-0.1, -0.05) is 18.7 Å². The zero-order valence-corrected chi connectivity index (χ0v) is 15.0. The topological polar surface area (TPSA) is 104 Å². The van der Waals surface area contributed by atoms with Crippen molar-refractivity contribution in [1.29, 1.82) is 0 Å². The summed E-state index contributed by atoms with van der Waals surface area (Å²) in [6, 6.07) is 1.50. The number of nitrogens with zero attached hydrogens (tertiary/aromatic N) is 3. The third-order valence-electron chi connectivity index (χ3n) is 4.68. The molecular weight excluding hydrogens is 362 g/mol. The summed E-state index contributed by atoms with van der Waals surface area (Å²) < 4.78 is 1.64. The van der Waals surface area contributed by atoms with Gasteiger partial charge in [0.05, 0.1) is 28.3 Å². The highest BCUT2D eigenvalue weighted by Gasteiger charge is 2.60. The molecule has 4 heterocycles. The first-order valence-corrected chi connectivity index (χ1v) is 9.40. The summed E-state index contributed by atoms with van der Waals surface area (Å²) in [5, 5.41) is 19.5. The first kappa shape index (κ1) is 16.5. The molecule has 2 aliphatic rings. The molecule has 0 spiro atoms. The second-order valence-corrected chi connectivity index (χ2v) is 8.52. The largest absolute Gasteiger partial charge is 0.477 e. The molecule has 130 valence electrons. The van der Waals surface area contributed by atoms with Crippen molar-refractivity contribution >= 4 is 45.2 Å². The number of carbonyl (C=O) groups is 2. The van der Waals surface area contributed by atoms with Crippen LogP contribution in [0.25, 0.3) is 10.2 Å². The third-order valence-corrected chi connectivity index (χ3v) is 7.03. The molecule has 2 aliphatic heterocycles. The average Bonchev–Trinajstić information content (AvgIpc) is 3.05. The lowest BCUT2D eigenvalue weighted by Gasteiger charge is -2.46. The minimum absolute atomic E-state index is 0.0155. The molecule has 0 aromatic carbocycles. The van der Waals surface area contributed by atoms with Crippen LogP contribution in [0.4, 0.5) is 0 Å². The van der Waals surface area contributed by atoms with E-state index in [1.807, 2.05) is 6.92 Å². The molecule has 4 atom stereocenters. The van der Waals surface area contributed by atoms with Crippen molar-refractivity contribution in [3.8, 4) is 0 Å². The zero-order chi connectivity index (χ0) is 17.9. The molecule has 0 aliphatic carbocycles. The van der Waals surface area contributed by atoms with Crippen LogP contribution in [0.5, 0.6) is 0 Å². The highest BCUT2D eigenvalue weighted by Crippen LogP contribution is 2.52. The first-order valence-electron chi connectivity index (χ1n) is 7.77. The second kappa shape index (κ2) is 5.79. The molecule has 1 saturated heterocycles. The predicted molar refractivity (Wildman–Crippen MR) is 92.9 cm³/mol. The smallest absolute Gasteiger partial charge is 0.353 e. The minimum Gasteiger partial charge on any atom is -0.477 e. The number of thiazole rings is 1. The number of fused-ring (bicyclic) bond motifs is 2. The predicted octanol–water partition coefficient (Wildman–Crippen LogP) is 1.94. The molecule has 2 aromatic heterocycles. The Hall–Kier alpha value is -1.97. The lowest BCUT2D eigenvalue weighted by atomic mass is 9.79. The van der Waals surface area contributed by atoms with Crippen molar-refractivity contribution in [2.75, 3.05) is 0 Å². The normalized spacial score (nSPS) is 26.8. The van der Waals surface area contributed by atoms with Gasteiger partial charge >= 0.3 is 5.97 Å². The van der Waals surface area contributed by atoms with Gasteiger partial charge in [0.15, 0.2) is 4.34 Å². The Kier molecular flexibility index (Phi) is 3.82. The Bertz CT molecular complexity index is 890. The van der Waals surface area contributed by atoms with Gasteiger partial charge in [0.2, 0.25) is 5.91 Å². The highest BCUT2D eigenvalue weighted by molar-refractivity contribution is 8.04. The number of aliphatic hydroxyl groups excluding tert-OH is 1. The summed E-state index contributed by atoms with van der Waals surface area (Å²) in [5.41, 5.74) is 0.827. The molecular formula is C16H15N3O4S2. The molecule has 0 bridgehead atoms. The van der Waals surface area contributed by atoms with E-state index in [1.54, 1.807) is 25.4 Å². The summed E-state index contributed by atoms with van der Waals surface area (Å²) in [4.78, 5) is 34.6. The Balaban J connectivity index is 1.72. The van der Waals surface area contributed by atoms with Gasteiger partial charge in [-0.25, -0.2) is 9.78 Å². The Morgan fingerprint density at radius 2 is 2.24 bits per heavy atom. The number of hydrogen-bond donors (Lipinski definition) is 2. The van der Waals surface area contributed by atoms with E-state index < -0.39 is 18.0 Å². The number of rotatable bonds is 4. The van der Waals surface area contributed by atoms with Gasteiger partial charge in [-0.2, -0.15) is 0 Å². The van der Waals surface area contributed by atoms with Crippen LogP contribution in [0.15, 0.2) is 33.4 Å². The molecule has 4 rings (SSSR count). The van der Waals surface area contributed by atoms with E-state index in [0.29, 0.717) is 9.24 Å². The van der Waals surface area contributed by atoms with Gasteiger partial charge in [0.1, 0.15) is 5.70 Å². The van der Waals surface area contributed by atoms with Crippen molar-refractivity contribution in [1.82, 2.24) is 14.9 Å². The quantitative estimate of drug-likeness (QED) is 0.785. The number of carboxylic acids is 1. The van der Waals surface area contributed by atoms with Crippen LogP contribution in [0.3, 0.4) is 0 Å². The van der Waals surface area contributed by atoms with E-state index in [4.69, 9.17) is 0 Å². The molecule has 2 aromatic rings. The van der Waals surface area contributed by atoms with Crippen molar-refractivity contribution in [3.63, 3.8) is 0 Å². The summed E-state index contributed by atoms with van der Waals surface area (Å²) in [7, 11) is 0. The van der Waals surface area contributed by atoms with Crippen LogP contribution in [0.1, 0.15) is 13.8 Å². The molecule has 9 heteroatoms. The molecule has 0 saturated carbocycles. The third kappa shape index (κ3) is 2.37. The maximum atomic E-state index is 12.3. The molecule has 4 unspecified atom stereocenters. The van der Waals surface area contributed by atoms with Crippen LogP contribution in [-0.4, -0.2) is 49.1 Å². The van der Waals surface area contributed by atoms with Gasteiger partial charge in [-0.05, 0) is 13.0 Å². The zero-order valence-electron chi connectivity index (χ0n) is 13.4. The number of aliphatic hydroxyl groups is 1. The fraction of sp³-hybridized carbons (Fsp3) is 0.375. The lowest BCUT2D eigenvalue weighted by Crippen LogP contribution is -2.63. The molecule has 1 amide bonds. The molecule has 0 radical (unpaired) electrons. The van der Waals surface area contributed by atoms with E-state index >= 15 is 0 Å². The Labute approximate surface area is 151 Å². The monoisotopic (exact) mass is 377 g/mol. The van der Waals surface area contributed by atoms with E-state index in [9.17, 15) is 19.8 Å². The van der Waals surface area contributed by atoms with E-state index in [-0.39, 0.29) is 23.6 Å². The van der Waals surface area contributed by atoms with Crippen molar-refractivity contribution in [2.24, 2.45) is 11.8 Å². The van der Waals surface area contributed by atoms with Crippen molar-refractivity contribution in [2.45, 2.75) is 30.3 Å². The van der Waals surface area contributed by atoms with Crippen LogP contribution in [0, 0.1) is 11.8 Å². The second-order valence-electron chi connectivity index (χ2n) is 6.20. The average molecular weight is 377 g/mol. The fourth-order valence-electron chi connectivity index (χ4n) is 3.55. The first-order chi connectivity index (χ1) is 11.9. The Morgan fingerprint density at radius 1 is 1.48 bits per heavy atom.